The first-order chi connectivity index (χ1) is 10.3. The predicted molar refractivity (Wildman–Crippen MR) is 79.2 cm³/mol. The lowest BCUT2D eigenvalue weighted by Crippen LogP contribution is -2.44. The maximum Gasteiger partial charge on any atom is 0.319 e. The highest BCUT2D eigenvalue weighted by Crippen LogP contribution is 2.24. The molecule has 6 nitrogen and oxygen atoms in total. The number of ether oxygens (including phenoxy) is 1. The van der Waals surface area contributed by atoms with Crippen molar-refractivity contribution in [1.29, 1.82) is 0 Å². The molecule has 3 rings (SSSR count). The molecule has 0 saturated heterocycles. The van der Waals surface area contributed by atoms with Crippen LogP contribution in [-0.2, 0) is 0 Å². The van der Waals surface area contributed by atoms with Crippen LogP contribution in [0.2, 0.25) is 0 Å². The van der Waals surface area contributed by atoms with Crippen LogP contribution in [0.15, 0.2) is 42.7 Å². The highest BCUT2D eigenvalue weighted by molar-refractivity contribution is 5.89. The van der Waals surface area contributed by atoms with Crippen molar-refractivity contribution in [3.63, 3.8) is 0 Å². The van der Waals surface area contributed by atoms with E-state index in [9.17, 15) is 4.79 Å². The Balaban J connectivity index is 1.55. The van der Waals surface area contributed by atoms with E-state index in [1.54, 1.807) is 12.4 Å². The van der Waals surface area contributed by atoms with E-state index in [0.717, 1.165) is 25.0 Å². The third-order valence-electron chi connectivity index (χ3n) is 3.56. The molecule has 2 amide bonds. The van der Waals surface area contributed by atoms with Gasteiger partial charge in [-0.3, -0.25) is 5.10 Å². The van der Waals surface area contributed by atoms with Gasteiger partial charge in [-0.2, -0.15) is 5.10 Å². The molecular weight excluding hydrogens is 268 g/mol. The van der Waals surface area contributed by atoms with E-state index in [1.807, 2.05) is 30.3 Å². The van der Waals surface area contributed by atoms with Gasteiger partial charge in [-0.25, -0.2) is 4.79 Å². The van der Waals surface area contributed by atoms with Crippen molar-refractivity contribution in [2.75, 3.05) is 5.32 Å². The number of aromatic nitrogens is 2. The van der Waals surface area contributed by atoms with Gasteiger partial charge in [-0.1, -0.05) is 18.2 Å². The Hall–Kier alpha value is -2.50. The summed E-state index contributed by atoms with van der Waals surface area (Å²) in [4.78, 5) is 11.9. The van der Waals surface area contributed by atoms with E-state index >= 15 is 0 Å². The van der Waals surface area contributed by atoms with Gasteiger partial charge in [0.2, 0.25) is 0 Å². The zero-order valence-electron chi connectivity index (χ0n) is 11.6. The lowest BCUT2D eigenvalue weighted by atomic mass is 10.2. The molecule has 0 radical (unpaired) electrons. The maximum atomic E-state index is 11.9. The molecule has 1 aliphatic rings. The second-order valence-electron chi connectivity index (χ2n) is 5.09. The summed E-state index contributed by atoms with van der Waals surface area (Å²) in [6, 6.07) is 9.50. The minimum Gasteiger partial charge on any atom is -0.488 e. The third kappa shape index (κ3) is 3.53. The average molecular weight is 286 g/mol. The van der Waals surface area contributed by atoms with Crippen molar-refractivity contribution in [2.24, 2.45) is 0 Å². The lowest BCUT2D eigenvalue weighted by molar-refractivity contribution is 0.175. The van der Waals surface area contributed by atoms with Crippen LogP contribution in [0.25, 0.3) is 0 Å². The summed E-state index contributed by atoms with van der Waals surface area (Å²) >= 11 is 0. The number of benzene rings is 1. The van der Waals surface area contributed by atoms with Gasteiger partial charge in [0.25, 0.3) is 0 Å². The van der Waals surface area contributed by atoms with E-state index in [2.05, 4.69) is 20.8 Å². The summed E-state index contributed by atoms with van der Waals surface area (Å²) in [7, 11) is 0. The summed E-state index contributed by atoms with van der Waals surface area (Å²) in [5.41, 5.74) is 0.644. The first kappa shape index (κ1) is 13.5. The summed E-state index contributed by atoms with van der Waals surface area (Å²) in [6.45, 7) is 0. The van der Waals surface area contributed by atoms with Crippen LogP contribution in [0.1, 0.15) is 19.3 Å². The van der Waals surface area contributed by atoms with Crippen LogP contribution >= 0.6 is 0 Å². The molecule has 1 saturated carbocycles. The van der Waals surface area contributed by atoms with Crippen LogP contribution in [0, 0.1) is 0 Å². The fourth-order valence-electron chi connectivity index (χ4n) is 2.56. The van der Waals surface area contributed by atoms with Crippen molar-refractivity contribution < 1.29 is 9.53 Å². The number of aromatic amines is 1. The van der Waals surface area contributed by atoms with Crippen molar-refractivity contribution in [3.8, 4) is 5.75 Å². The summed E-state index contributed by atoms with van der Waals surface area (Å²) in [5, 5.41) is 12.1. The van der Waals surface area contributed by atoms with Crippen LogP contribution in [0.4, 0.5) is 10.5 Å². The SMILES string of the molecule is O=C(Nc1cn[nH]c1)N[C@H]1CCC[C@H]1Oc1ccccc1. The fraction of sp³-hybridized carbons (Fsp3) is 0.333. The van der Waals surface area contributed by atoms with Crippen molar-refractivity contribution in [1.82, 2.24) is 15.5 Å². The molecular formula is C15H18N4O2. The second kappa shape index (κ2) is 6.30. The molecule has 6 heteroatoms. The summed E-state index contributed by atoms with van der Waals surface area (Å²) in [5.74, 6) is 0.839. The number of carbonyl (C=O) groups excluding carboxylic acids is 1. The minimum atomic E-state index is -0.232. The number of amides is 2. The zero-order valence-corrected chi connectivity index (χ0v) is 11.6. The lowest BCUT2D eigenvalue weighted by Gasteiger charge is -2.22. The van der Waals surface area contributed by atoms with Crippen molar-refractivity contribution in [3.05, 3.63) is 42.7 Å². The van der Waals surface area contributed by atoms with Crippen molar-refractivity contribution >= 4 is 11.7 Å². The van der Waals surface area contributed by atoms with Gasteiger partial charge in [-0.05, 0) is 31.4 Å². The zero-order chi connectivity index (χ0) is 14.5. The second-order valence-corrected chi connectivity index (χ2v) is 5.09. The van der Waals surface area contributed by atoms with Crippen molar-refractivity contribution in [2.45, 2.75) is 31.4 Å². The van der Waals surface area contributed by atoms with Crippen LogP contribution in [-0.4, -0.2) is 28.4 Å². The highest BCUT2D eigenvalue weighted by Gasteiger charge is 2.30. The molecule has 0 bridgehead atoms. The Morgan fingerprint density at radius 3 is 2.90 bits per heavy atom. The van der Waals surface area contributed by atoms with Gasteiger partial charge in [0.15, 0.2) is 0 Å². The molecule has 0 aliphatic heterocycles. The normalized spacial score (nSPS) is 21.0. The van der Waals surface area contributed by atoms with Crippen LogP contribution < -0.4 is 15.4 Å². The highest BCUT2D eigenvalue weighted by atomic mass is 16.5. The molecule has 1 heterocycles. The number of nitrogens with one attached hydrogen (secondary N) is 3. The number of hydrogen-bond acceptors (Lipinski definition) is 3. The van der Waals surface area contributed by atoms with Crippen LogP contribution in [0.5, 0.6) is 5.75 Å². The molecule has 1 aromatic carbocycles. The number of H-pyrrole nitrogens is 1. The van der Waals surface area contributed by atoms with E-state index in [4.69, 9.17) is 4.74 Å². The monoisotopic (exact) mass is 286 g/mol. The van der Waals surface area contributed by atoms with Gasteiger partial charge in [-0.15, -0.1) is 0 Å². The number of anilines is 1. The molecule has 1 fully saturated rings. The summed E-state index contributed by atoms with van der Waals surface area (Å²) < 4.78 is 5.96. The molecule has 2 aromatic rings. The Bertz CT molecular complexity index is 571. The Morgan fingerprint density at radius 2 is 2.14 bits per heavy atom. The standard InChI is InChI=1S/C15H18N4O2/c20-15(18-11-9-16-17-10-11)19-13-7-4-8-14(13)21-12-5-2-1-3-6-12/h1-3,5-6,9-10,13-14H,4,7-8H2,(H,16,17)(H2,18,19,20)/t13-,14+/m0/s1. The van der Waals surface area contributed by atoms with E-state index in [1.165, 1.54) is 0 Å². The van der Waals surface area contributed by atoms with Gasteiger partial charge in [0, 0.05) is 6.20 Å². The smallest absolute Gasteiger partial charge is 0.319 e. The average Bonchev–Trinajstić information content (AvgIpc) is 3.13. The van der Waals surface area contributed by atoms with E-state index in [0.29, 0.717) is 5.69 Å². The van der Waals surface area contributed by atoms with Gasteiger partial charge < -0.3 is 15.4 Å². The number of hydrogen-bond donors (Lipinski definition) is 3. The molecule has 0 unspecified atom stereocenters. The molecule has 1 aromatic heterocycles. The molecule has 0 spiro atoms. The topological polar surface area (TPSA) is 79.0 Å². The first-order valence-electron chi connectivity index (χ1n) is 7.09. The molecule has 2 atom stereocenters. The Labute approximate surface area is 122 Å². The Morgan fingerprint density at radius 1 is 1.29 bits per heavy atom. The van der Waals surface area contributed by atoms with E-state index in [-0.39, 0.29) is 18.2 Å². The van der Waals surface area contributed by atoms with Crippen LogP contribution in [0.3, 0.4) is 0 Å². The molecule has 1 aliphatic carbocycles. The number of nitrogens with zero attached hydrogens (tertiary/aromatic N) is 1. The summed E-state index contributed by atoms with van der Waals surface area (Å²) in [6.07, 6.45) is 6.14. The number of para-hydroxylation sites is 1. The van der Waals surface area contributed by atoms with Gasteiger partial charge in [0.05, 0.1) is 17.9 Å². The molecule has 21 heavy (non-hydrogen) atoms. The molecule has 110 valence electrons. The van der Waals surface area contributed by atoms with E-state index < -0.39 is 0 Å². The van der Waals surface area contributed by atoms with Gasteiger partial charge >= 0.3 is 6.03 Å². The minimum absolute atomic E-state index is 0.0162. The first-order valence-corrected chi connectivity index (χ1v) is 7.09. The third-order valence-corrected chi connectivity index (χ3v) is 3.56. The number of urea groups is 1. The largest absolute Gasteiger partial charge is 0.488 e. The fourth-order valence-corrected chi connectivity index (χ4v) is 2.56. The van der Waals surface area contributed by atoms with Gasteiger partial charge in [0.1, 0.15) is 11.9 Å². The predicted octanol–water partition coefficient (Wildman–Crippen LogP) is 2.53. The quantitative estimate of drug-likeness (QED) is 0.808. The molecule has 3 N–H and O–H groups in total. The Kier molecular flexibility index (Phi) is 4.04. The number of carbonyl (C=O) groups is 1. The maximum absolute atomic E-state index is 11.9. The number of rotatable bonds is 4.